The summed E-state index contributed by atoms with van der Waals surface area (Å²) in [6, 6.07) is 10.6. The Morgan fingerprint density at radius 2 is 1.57 bits per heavy atom. The molecule has 0 fully saturated rings. The Morgan fingerprint density at radius 1 is 0.929 bits per heavy atom. The Morgan fingerprint density at radius 3 is 2.21 bits per heavy atom. The first-order valence-corrected chi connectivity index (χ1v) is 16.0. The van der Waals surface area contributed by atoms with Gasteiger partial charge < -0.3 is 19.5 Å². The second-order valence-corrected chi connectivity index (χ2v) is 11.4. The maximum absolute atomic E-state index is 12.5. The van der Waals surface area contributed by atoms with Crippen LogP contribution in [-0.4, -0.2) is 30.6 Å². The minimum absolute atomic E-state index is 0.0223. The summed E-state index contributed by atoms with van der Waals surface area (Å²) in [4.78, 5) is 36.9. The second-order valence-electron chi connectivity index (χ2n) is 11.0. The van der Waals surface area contributed by atoms with E-state index >= 15 is 0 Å². The number of hydrogen-bond donors (Lipinski definition) is 1. The van der Waals surface area contributed by atoms with Crippen LogP contribution < -0.4 is 14.8 Å². The maximum atomic E-state index is 12.5. The summed E-state index contributed by atoms with van der Waals surface area (Å²) in [5, 5.41) is 3.41. The SMILES string of the molecule is CCCCCCCCCCCCCC(=O)Nc1ccc(C2CC(=O)Oc3cc(O[C@H](C)C(=O)OCC)ccc32)c(Cl)c1. The highest BCUT2D eigenvalue weighted by Crippen LogP contribution is 2.43. The van der Waals surface area contributed by atoms with E-state index in [9.17, 15) is 14.4 Å². The zero-order valence-electron chi connectivity index (χ0n) is 25.3. The van der Waals surface area contributed by atoms with Crippen molar-refractivity contribution in [2.45, 2.75) is 116 Å². The van der Waals surface area contributed by atoms with E-state index in [1.165, 1.54) is 57.8 Å². The first-order chi connectivity index (χ1) is 20.3. The molecule has 1 aliphatic rings. The van der Waals surface area contributed by atoms with E-state index < -0.39 is 12.1 Å². The molecule has 2 aromatic rings. The molecular weight excluding hydrogens is 554 g/mol. The van der Waals surface area contributed by atoms with Gasteiger partial charge in [-0.1, -0.05) is 94.9 Å². The lowest BCUT2D eigenvalue weighted by Crippen LogP contribution is -2.26. The van der Waals surface area contributed by atoms with Crippen molar-refractivity contribution in [1.82, 2.24) is 0 Å². The zero-order chi connectivity index (χ0) is 30.3. The fourth-order valence-corrected chi connectivity index (χ4v) is 5.57. The third kappa shape index (κ3) is 10.6. The van der Waals surface area contributed by atoms with Gasteiger partial charge in [-0.3, -0.25) is 9.59 Å². The van der Waals surface area contributed by atoms with E-state index in [-0.39, 0.29) is 30.8 Å². The van der Waals surface area contributed by atoms with Crippen molar-refractivity contribution in [3.8, 4) is 11.5 Å². The smallest absolute Gasteiger partial charge is 0.347 e. The fourth-order valence-electron chi connectivity index (χ4n) is 5.26. The normalized spacial score (nSPS) is 15.0. The number of anilines is 1. The Kier molecular flexibility index (Phi) is 14.2. The number of esters is 2. The first-order valence-electron chi connectivity index (χ1n) is 15.6. The molecule has 1 N–H and O–H groups in total. The van der Waals surface area contributed by atoms with Gasteiger partial charge in [0.25, 0.3) is 0 Å². The van der Waals surface area contributed by atoms with Crippen molar-refractivity contribution in [2.24, 2.45) is 0 Å². The van der Waals surface area contributed by atoms with Crippen LogP contribution in [0, 0.1) is 0 Å². The molecular formula is C34H46ClNO6. The van der Waals surface area contributed by atoms with Crippen LogP contribution in [0.3, 0.4) is 0 Å². The van der Waals surface area contributed by atoms with Crippen LogP contribution in [-0.2, 0) is 19.1 Å². The topological polar surface area (TPSA) is 90.9 Å². The summed E-state index contributed by atoms with van der Waals surface area (Å²) in [5.41, 5.74) is 2.19. The molecule has 0 saturated heterocycles. The molecule has 7 nitrogen and oxygen atoms in total. The Bertz CT molecular complexity index is 1180. The van der Waals surface area contributed by atoms with Gasteiger partial charge in [-0.2, -0.15) is 0 Å². The molecule has 0 bridgehead atoms. The molecule has 230 valence electrons. The predicted octanol–water partition coefficient (Wildman–Crippen LogP) is 8.75. The molecule has 0 radical (unpaired) electrons. The summed E-state index contributed by atoms with van der Waals surface area (Å²) < 4.78 is 16.2. The van der Waals surface area contributed by atoms with E-state index in [0.29, 0.717) is 28.6 Å². The highest BCUT2D eigenvalue weighted by molar-refractivity contribution is 6.31. The number of benzene rings is 2. The molecule has 8 heteroatoms. The minimum Gasteiger partial charge on any atom is -0.479 e. The van der Waals surface area contributed by atoms with Gasteiger partial charge in [0.1, 0.15) is 11.5 Å². The summed E-state index contributed by atoms with van der Waals surface area (Å²) >= 11 is 6.67. The van der Waals surface area contributed by atoms with Crippen LogP contribution in [0.15, 0.2) is 36.4 Å². The Hall–Kier alpha value is -3.06. The molecule has 0 aliphatic carbocycles. The number of fused-ring (bicyclic) bond motifs is 1. The molecule has 1 aliphatic heterocycles. The van der Waals surface area contributed by atoms with Crippen LogP contribution in [0.1, 0.15) is 121 Å². The van der Waals surface area contributed by atoms with Gasteiger partial charge in [-0.15, -0.1) is 0 Å². The quantitative estimate of drug-likeness (QED) is 0.105. The van der Waals surface area contributed by atoms with Crippen molar-refractivity contribution in [3.05, 3.63) is 52.5 Å². The number of ether oxygens (including phenoxy) is 3. The lowest BCUT2D eigenvalue weighted by atomic mass is 9.86. The molecule has 3 rings (SSSR count). The average molecular weight is 600 g/mol. The number of carbonyl (C=O) groups is 3. The van der Waals surface area contributed by atoms with Crippen LogP contribution >= 0.6 is 11.6 Å². The molecule has 1 amide bonds. The van der Waals surface area contributed by atoms with Crippen LogP contribution in [0.25, 0.3) is 0 Å². The lowest BCUT2D eigenvalue weighted by molar-refractivity contribution is -0.150. The molecule has 0 spiro atoms. The van der Waals surface area contributed by atoms with Crippen LogP contribution in [0.2, 0.25) is 5.02 Å². The molecule has 0 saturated carbocycles. The molecule has 2 aromatic carbocycles. The number of rotatable bonds is 18. The minimum atomic E-state index is -0.801. The summed E-state index contributed by atoms with van der Waals surface area (Å²) in [5.74, 6) is -0.432. The van der Waals surface area contributed by atoms with Crippen molar-refractivity contribution in [1.29, 1.82) is 0 Å². The largest absolute Gasteiger partial charge is 0.479 e. The van der Waals surface area contributed by atoms with Crippen molar-refractivity contribution < 1.29 is 28.6 Å². The average Bonchev–Trinajstić information content (AvgIpc) is 2.95. The number of nitrogens with one attached hydrogen (secondary N) is 1. The zero-order valence-corrected chi connectivity index (χ0v) is 26.1. The summed E-state index contributed by atoms with van der Waals surface area (Å²) in [7, 11) is 0. The maximum Gasteiger partial charge on any atom is 0.347 e. The van der Waals surface area contributed by atoms with Gasteiger partial charge in [0, 0.05) is 34.7 Å². The summed E-state index contributed by atoms with van der Waals surface area (Å²) in [6.45, 7) is 5.84. The third-order valence-electron chi connectivity index (χ3n) is 7.55. The third-order valence-corrected chi connectivity index (χ3v) is 7.88. The fraction of sp³-hybridized carbons (Fsp3) is 0.559. The monoisotopic (exact) mass is 599 g/mol. The number of halogens is 1. The van der Waals surface area contributed by atoms with Crippen molar-refractivity contribution in [2.75, 3.05) is 11.9 Å². The first kappa shape index (κ1) is 33.4. The standard InChI is InChI=1S/C34H46ClNO6/c1-4-6-7-8-9-10-11-12-13-14-15-16-32(37)36-25-17-19-27(30(35)21-25)29-23-33(38)42-31-22-26(18-20-28(29)31)41-24(3)34(39)40-5-2/h17-22,24,29H,4-16,23H2,1-3H3,(H,36,37)/t24-,29?/m1/s1. The van der Waals surface area contributed by atoms with Crippen LogP contribution in [0.5, 0.6) is 11.5 Å². The number of amides is 1. The van der Waals surface area contributed by atoms with Gasteiger partial charge in [0.05, 0.1) is 13.0 Å². The van der Waals surface area contributed by atoms with Gasteiger partial charge >= 0.3 is 11.9 Å². The molecule has 0 aromatic heterocycles. The Labute approximate surface area is 255 Å². The lowest BCUT2D eigenvalue weighted by Gasteiger charge is -2.26. The highest BCUT2D eigenvalue weighted by Gasteiger charge is 2.30. The van der Waals surface area contributed by atoms with E-state index in [1.807, 2.05) is 18.2 Å². The van der Waals surface area contributed by atoms with Crippen LogP contribution in [0.4, 0.5) is 5.69 Å². The number of carbonyl (C=O) groups excluding carboxylic acids is 3. The second kappa shape index (κ2) is 17.8. The highest BCUT2D eigenvalue weighted by atomic mass is 35.5. The number of unbranched alkanes of at least 4 members (excludes halogenated alkanes) is 10. The number of hydrogen-bond acceptors (Lipinski definition) is 6. The molecule has 2 atom stereocenters. The summed E-state index contributed by atoms with van der Waals surface area (Å²) in [6.07, 6.45) is 13.5. The van der Waals surface area contributed by atoms with E-state index in [0.717, 1.165) is 24.0 Å². The van der Waals surface area contributed by atoms with E-state index in [1.54, 1.807) is 32.0 Å². The molecule has 42 heavy (non-hydrogen) atoms. The van der Waals surface area contributed by atoms with Gasteiger partial charge in [-0.05, 0) is 44.0 Å². The van der Waals surface area contributed by atoms with Gasteiger partial charge in [0.15, 0.2) is 6.10 Å². The predicted molar refractivity (Wildman–Crippen MR) is 166 cm³/mol. The van der Waals surface area contributed by atoms with E-state index in [2.05, 4.69) is 12.2 Å². The van der Waals surface area contributed by atoms with E-state index in [4.69, 9.17) is 25.8 Å². The molecule has 1 unspecified atom stereocenters. The molecule has 1 heterocycles. The van der Waals surface area contributed by atoms with Crippen molar-refractivity contribution in [3.63, 3.8) is 0 Å². The van der Waals surface area contributed by atoms with Gasteiger partial charge in [0.2, 0.25) is 5.91 Å². The van der Waals surface area contributed by atoms with Gasteiger partial charge in [-0.25, -0.2) is 4.79 Å². The Balaban J connectivity index is 1.49. The van der Waals surface area contributed by atoms with Crippen molar-refractivity contribution >= 4 is 35.1 Å².